The molecular formula is C16H28N2O2S. The van der Waals surface area contributed by atoms with Crippen LogP contribution in [-0.2, 0) is 16.4 Å². The van der Waals surface area contributed by atoms with E-state index in [0.717, 1.165) is 37.9 Å². The Morgan fingerprint density at radius 1 is 1.10 bits per heavy atom. The molecule has 4 nitrogen and oxygen atoms in total. The van der Waals surface area contributed by atoms with Crippen LogP contribution in [0.3, 0.4) is 0 Å². The van der Waals surface area contributed by atoms with Gasteiger partial charge < -0.3 is 5.32 Å². The highest BCUT2D eigenvalue weighted by Crippen LogP contribution is 2.11. The van der Waals surface area contributed by atoms with Crippen LogP contribution in [0.15, 0.2) is 29.2 Å². The molecule has 0 radical (unpaired) electrons. The third-order valence-electron chi connectivity index (χ3n) is 3.32. The van der Waals surface area contributed by atoms with Crippen molar-refractivity contribution in [3.8, 4) is 0 Å². The molecule has 1 rings (SSSR count). The van der Waals surface area contributed by atoms with Crippen LogP contribution in [0, 0.1) is 5.92 Å². The second-order valence-electron chi connectivity index (χ2n) is 5.68. The standard InChI is InChI=1S/C16H28N2O2S/c1-4-17-13-11-15-7-9-16(10-8-15)21(19,20)18-12-5-6-14(2)3/h7-10,14,17-18H,4-6,11-13H2,1-3H3. The van der Waals surface area contributed by atoms with E-state index in [2.05, 4.69) is 30.8 Å². The third kappa shape index (κ3) is 7.07. The molecule has 0 aliphatic heterocycles. The van der Waals surface area contributed by atoms with Crippen LogP contribution in [-0.4, -0.2) is 28.1 Å². The first-order valence-corrected chi connectivity index (χ1v) is 9.23. The van der Waals surface area contributed by atoms with Gasteiger partial charge in [0.05, 0.1) is 4.90 Å². The van der Waals surface area contributed by atoms with Gasteiger partial charge in [-0.2, -0.15) is 0 Å². The van der Waals surface area contributed by atoms with Crippen molar-refractivity contribution < 1.29 is 8.42 Å². The Labute approximate surface area is 129 Å². The van der Waals surface area contributed by atoms with Gasteiger partial charge in [0, 0.05) is 6.54 Å². The van der Waals surface area contributed by atoms with Crippen molar-refractivity contribution in [3.05, 3.63) is 29.8 Å². The molecule has 1 aromatic carbocycles. The fourth-order valence-electron chi connectivity index (χ4n) is 2.04. The number of sulfonamides is 1. The van der Waals surface area contributed by atoms with Gasteiger partial charge >= 0.3 is 0 Å². The third-order valence-corrected chi connectivity index (χ3v) is 4.80. The number of benzene rings is 1. The molecule has 0 saturated heterocycles. The Morgan fingerprint density at radius 3 is 2.33 bits per heavy atom. The molecule has 1 aromatic rings. The van der Waals surface area contributed by atoms with E-state index in [1.807, 2.05) is 12.1 Å². The summed E-state index contributed by atoms with van der Waals surface area (Å²) in [6, 6.07) is 7.15. The largest absolute Gasteiger partial charge is 0.317 e. The second kappa shape index (κ2) is 9.18. The lowest BCUT2D eigenvalue weighted by Crippen LogP contribution is -2.25. The van der Waals surface area contributed by atoms with Gasteiger partial charge in [0.1, 0.15) is 0 Å². The summed E-state index contributed by atoms with van der Waals surface area (Å²) in [7, 11) is -3.37. The quantitative estimate of drug-likeness (QED) is 0.653. The maximum Gasteiger partial charge on any atom is 0.240 e. The number of hydrogen-bond acceptors (Lipinski definition) is 3. The van der Waals surface area contributed by atoms with Crippen LogP contribution in [0.1, 0.15) is 39.2 Å². The molecule has 0 aromatic heterocycles. The topological polar surface area (TPSA) is 58.2 Å². The van der Waals surface area contributed by atoms with Crippen LogP contribution in [0.5, 0.6) is 0 Å². The van der Waals surface area contributed by atoms with Gasteiger partial charge in [-0.15, -0.1) is 0 Å². The van der Waals surface area contributed by atoms with Crippen LogP contribution in [0.2, 0.25) is 0 Å². The molecule has 0 saturated carbocycles. The van der Waals surface area contributed by atoms with Crippen LogP contribution >= 0.6 is 0 Å². The first-order valence-electron chi connectivity index (χ1n) is 7.75. The van der Waals surface area contributed by atoms with Crippen molar-refractivity contribution in [2.75, 3.05) is 19.6 Å². The zero-order chi connectivity index (χ0) is 15.7. The Morgan fingerprint density at radius 2 is 1.76 bits per heavy atom. The van der Waals surface area contributed by atoms with Crippen LogP contribution in [0.25, 0.3) is 0 Å². The molecule has 120 valence electrons. The lowest BCUT2D eigenvalue weighted by atomic mass is 10.1. The number of rotatable bonds is 10. The molecule has 0 heterocycles. The van der Waals surface area contributed by atoms with E-state index in [1.165, 1.54) is 0 Å². The van der Waals surface area contributed by atoms with Gasteiger partial charge in [0.25, 0.3) is 0 Å². The van der Waals surface area contributed by atoms with Crippen molar-refractivity contribution in [3.63, 3.8) is 0 Å². The zero-order valence-corrected chi connectivity index (χ0v) is 14.2. The van der Waals surface area contributed by atoms with Crippen molar-refractivity contribution in [1.82, 2.24) is 10.0 Å². The molecule has 0 unspecified atom stereocenters. The summed E-state index contributed by atoms with van der Waals surface area (Å²) in [6.45, 7) is 8.72. The normalized spacial score (nSPS) is 12.0. The molecule has 0 aliphatic carbocycles. The first kappa shape index (κ1) is 18.1. The van der Waals surface area contributed by atoms with Gasteiger partial charge in [0.2, 0.25) is 10.0 Å². The molecule has 0 aliphatic rings. The fourth-order valence-corrected chi connectivity index (χ4v) is 3.12. The minimum absolute atomic E-state index is 0.347. The Balaban J connectivity index is 2.50. The molecule has 0 amide bonds. The Kier molecular flexibility index (Phi) is 7.93. The maximum absolute atomic E-state index is 12.1. The van der Waals surface area contributed by atoms with Gasteiger partial charge in [0.15, 0.2) is 0 Å². The van der Waals surface area contributed by atoms with Gasteiger partial charge in [-0.25, -0.2) is 13.1 Å². The molecule has 0 bridgehead atoms. The molecule has 0 spiro atoms. The van der Waals surface area contributed by atoms with E-state index in [9.17, 15) is 8.42 Å². The molecule has 0 atom stereocenters. The van der Waals surface area contributed by atoms with Crippen molar-refractivity contribution in [1.29, 1.82) is 0 Å². The predicted octanol–water partition coefficient (Wildman–Crippen LogP) is 2.55. The first-order chi connectivity index (χ1) is 9.95. The van der Waals surface area contributed by atoms with Crippen molar-refractivity contribution >= 4 is 10.0 Å². The van der Waals surface area contributed by atoms with Crippen molar-refractivity contribution in [2.45, 2.75) is 44.9 Å². The van der Waals surface area contributed by atoms with E-state index in [0.29, 0.717) is 17.4 Å². The summed E-state index contributed by atoms with van der Waals surface area (Å²) in [5, 5.41) is 3.25. The van der Waals surface area contributed by atoms with E-state index >= 15 is 0 Å². The molecule has 2 N–H and O–H groups in total. The van der Waals surface area contributed by atoms with Gasteiger partial charge in [-0.3, -0.25) is 0 Å². The van der Waals surface area contributed by atoms with E-state index < -0.39 is 10.0 Å². The smallest absolute Gasteiger partial charge is 0.240 e. The van der Waals surface area contributed by atoms with Gasteiger partial charge in [-0.05, 0) is 56.0 Å². The number of nitrogens with one attached hydrogen (secondary N) is 2. The summed E-state index contributed by atoms with van der Waals surface area (Å²) < 4.78 is 26.9. The summed E-state index contributed by atoms with van der Waals surface area (Å²) in [6.07, 6.45) is 2.82. The van der Waals surface area contributed by atoms with E-state index in [1.54, 1.807) is 12.1 Å². The Bertz CT molecular complexity index is 496. The van der Waals surface area contributed by atoms with Crippen LogP contribution in [0.4, 0.5) is 0 Å². The molecular weight excluding hydrogens is 284 g/mol. The minimum Gasteiger partial charge on any atom is -0.317 e. The van der Waals surface area contributed by atoms with Crippen LogP contribution < -0.4 is 10.0 Å². The SMILES string of the molecule is CCNCCc1ccc(S(=O)(=O)NCCCC(C)C)cc1. The number of hydrogen-bond donors (Lipinski definition) is 2. The summed E-state index contributed by atoms with van der Waals surface area (Å²) in [4.78, 5) is 0.347. The average molecular weight is 312 g/mol. The predicted molar refractivity (Wildman–Crippen MR) is 88.0 cm³/mol. The highest BCUT2D eigenvalue weighted by molar-refractivity contribution is 7.89. The second-order valence-corrected chi connectivity index (χ2v) is 7.45. The highest BCUT2D eigenvalue weighted by atomic mass is 32.2. The monoisotopic (exact) mass is 312 g/mol. The summed E-state index contributed by atoms with van der Waals surface area (Å²) >= 11 is 0. The minimum atomic E-state index is -3.37. The van der Waals surface area contributed by atoms with Gasteiger partial charge in [-0.1, -0.05) is 32.9 Å². The summed E-state index contributed by atoms with van der Waals surface area (Å²) in [5.41, 5.74) is 1.15. The number of likely N-dealkylation sites (N-methyl/N-ethyl adjacent to an activating group) is 1. The summed E-state index contributed by atoms with van der Waals surface area (Å²) in [5.74, 6) is 0.602. The van der Waals surface area contributed by atoms with Crippen molar-refractivity contribution in [2.24, 2.45) is 5.92 Å². The lowest BCUT2D eigenvalue weighted by molar-refractivity contribution is 0.540. The Hall–Kier alpha value is -0.910. The maximum atomic E-state index is 12.1. The van der Waals surface area contributed by atoms with E-state index in [4.69, 9.17) is 0 Å². The average Bonchev–Trinajstić information content (AvgIpc) is 2.44. The van der Waals surface area contributed by atoms with E-state index in [-0.39, 0.29) is 0 Å². The highest BCUT2D eigenvalue weighted by Gasteiger charge is 2.12. The molecule has 0 fully saturated rings. The molecule has 5 heteroatoms. The lowest BCUT2D eigenvalue weighted by Gasteiger charge is -2.09. The zero-order valence-electron chi connectivity index (χ0n) is 13.4. The molecule has 21 heavy (non-hydrogen) atoms. The fraction of sp³-hybridized carbons (Fsp3) is 0.625.